The molecule has 7 heteroatoms. The van der Waals surface area contributed by atoms with Gasteiger partial charge in [-0.1, -0.05) is 18.2 Å². The van der Waals surface area contributed by atoms with Gasteiger partial charge in [-0.15, -0.1) is 11.8 Å². The van der Waals surface area contributed by atoms with E-state index in [1.165, 1.54) is 18.0 Å². The largest absolute Gasteiger partial charge is 0.446 e. The van der Waals surface area contributed by atoms with Crippen LogP contribution in [0.5, 0.6) is 0 Å². The number of carbonyl (C=O) groups is 2. The number of nitrogens with zero attached hydrogens (tertiary/aromatic N) is 2. The first-order valence-corrected chi connectivity index (χ1v) is 9.58. The number of nitrogens with one attached hydrogen (secondary N) is 1. The van der Waals surface area contributed by atoms with Gasteiger partial charge in [0.25, 0.3) is 5.91 Å². The van der Waals surface area contributed by atoms with Crippen LogP contribution in [0.2, 0.25) is 0 Å². The standard InChI is InChI=1S/C19H25N3O3S/c1-13(2)20-19(24)16-11-25-17(21-16)10-22(14(3)4)18(23)12-26-15-8-6-5-7-9-15/h5-9,11,13-14H,10,12H2,1-4H3,(H,20,24). The molecule has 0 spiro atoms. The summed E-state index contributed by atoms with van der Waals surface area (Å²) in [5.41, 5.74) is 0.225. The first kappa shape index (κ1) is 20.0. The van der Waals surface area contributed by atoms with Crippen LogP contribution < -0.4 is 5.32 Å². The second-order valence-electron chi connectivity index (χ2n) is 6.47. The van der Waals surface area contributed by atoms with Crippen LogP contribution in [0.1, 0.15) is 44.1 Å². The molecule has 26 heavy (non-hydrogen) atoms. The fourth-order valence-electron chi connectivity index (χ4n) is 2.27. The predicted molar refractivity (Wildman–Crippen MR) is 102 cm³/mol. The molecular formula is C19H25N3O3S. The highest BCUT2D eigenvalue weighted by atomic mass is 32.2. The summed E-state index contributed by atoms with van der Waals surface area (Å²) in [5.74, 6) is 0.409. The van der Waals surface area contributed by atoms with Crippen LogP contribution in [-0.4, -0.2) is 39.5 Å². The topological polar surface area (TPSA) is 75.4 Å². The van der Waals surface area contributed by atoms with Gasteiger partial charge in [-0.3, -0.25) is 9.59 Å². The van der Waals surface area contributed by atoms with Crippen molar-refractivity contribution in [2.75, 3.05) is 5.75 Å². The minimum atomic E-state index is -0.281. The zero-order valence-electron chi connectivity index (χ0n) is 15.6. The molecule has 1 heterocycles. The second-order valence-corrected chi connectivity index (χ2v) is 7.52. The van der Waals surface area contributed by atoms with E-state index in [-0.39, 0.29) is 36.1 Å². The molecule has 6 nitrogen and oxygen atoms in total. The van der Waals surface area contributed by atoms with Gasteiger partial charge in [-0.25, -0.2) is 4.98 Å². The third kappa shape index (κ3) is 5.91. The monoisotopic (exact) mass is 375 g/mol. The zero-order chi connectivity index (χ0) is 19.1. The van der Waals surface area contributed by atoms with Gasteiger partial charge in [0.15, 0.2) is 5.69 Å². The van der Waals surface area contributed by atoms with Gasteiger partial charge in [0.1, 0.15) is 6.26 Å². The van der Waals surface area contributed by atoms with E-state index >= 15 is 0 Å². The number of hydrogen-bond donors (Lipinski definition) is 1. The molecule has 2 amide bonds. The molecular weight excluding hydrogens is 350 g/mol. The Bertz CT molecular complexity index is 729. The molecule has 0 saturated heterocycles. The van der Waals surface area contributed by atoms with E-state index in [1.807, 2.05) is 58.0 Å². The molecule has 0 fully saturated rings. The minimum absolute atomic E-state index is 0.000218. The fourth-order valence-corrected chi connectivity index (χ4v) is 3.08. The van der Waals surface area contributed by atoms with Crippen molar-refractivity contribution < 1.29 is 14.0 Å². The molecule has 0 bridgehead atoms. The summed E-state index contributed by atoms with van der Waals surface area (Å²) in [5, 5.41) is 2.76. The molecule has 0 aliphatic heterocycles. The van der Waals surface area contributed by atoms with Gasteiger partial charge in [0.05, 0.1) is 12.3 Å². The summed E-state index contributed by atoms with van der Waals surface area (Å²) in [6.07, 6.45) is 1.33. The van der Waals surface area contributed by atoms with Crippen molar-refractivity contribution in [2.45, 2.75) is 51.2 Å². The summed E-state index contributed by atoms with van der Waals surface area (Å²) >= 11 is 1.50. The maximum atomic E-state index is 12.6. The van der Waals surface area contributed by atoms with Crippen LogP contribution in [0.3, 0.4) is 0 Å². The molecule has 140 valence electrons. The lowest BCUT2D eigenvalue weighted by Crippen LogP contribution is -2.37. The van der Waals surface area contributed by atoms with Crippen LogP contribution in [0.4, 0.5) is 0 Å². The average molecular weight is 375 g/mol. The van der Waals surface area contributed by atoms with Crippen LogP contribution in [0.25, 0.3) is 0 Å². The molecule has 2 aromatic rings. The summed E-state index contributed by atoms with van der Waals surface area (Å²) < 4.78 is 5.39. The molecule has 0 aliphatic carbocycles. The lowest BCUT2D eigenvalue weighted by Gasteiger charge is -2.25. The Kier molecular flexibility index (Phi) is 7.26. The number of carbonyl (C=O) groups excluding carboxylic acids is 2. The molecule has 0 unspecified atom stereocenters. The summed E-state index contributed by atoms with van der Waals surface area (Å²) in [4.78, 5) is 31.5. The summed E-state index contributed by atoms with van der Waals surface area (Å²) in [6, 6.07) is 9.82. The van der Waals surface area contributed by atoms with Crippen molar-refractivity contribution in [1.82, 2.24) is 15.2 Å². The number of thioether (sulfide) groups is 1. The second kappa shape index (κ2) is 9.43. The van der Waals surface area contributed by atoms with Crippen molar-refractivity contribution in [3.63, 3.8) is 0 Å². The highest BCUT2D eigenvalue weighted by molar-refractivity contribution is 8.00. The van der Waals surface area contributed by atoms with E-state index in [1.54, 1.807) is 4.90 Å². The first-order valence-electron chi connectivity index (χ1n) is 8.59. The Morgan fingerprint density at radius 2 is 1.88 bits per heavy atom. The maximum absolute atomic E-state index is 12.6. The molecule has 1 N–H and O–H groups in total. The van der Waals surface area contributed by atoms with Gasteiger partial charge < -0.3 is 14.6 Å². The SMILES string of the molecule is CC(C)NC(=O)c1coc(CN(C(=O)CSc2ccccc2)C(C)C)n1. The van der Waals surface area contributed by atoms with E-state index < -0.39 is 0 Å². The first-order chi connectivity index (χ1) is 12.4. The van der Waals surface area contributed by atoms with Gasteiger partial charge in [-0.05, 0) is 39.8 Å². The van der Waals surface area contributed by atoms with E-state index in [4.69, 9.17) is 4.42 Å². The van der Waals surface area contributed by atoms with Gasteiger partial charge in [-0.2, -0.15) is 0 Å². The molecule has 1 aromatic carbocycles. The fraction of sp³-hybridized carbons (Fsp3) is 0.421. The van der Waals surface area contributed by atoms with Crippen molar-refractivity contribution in [3.05, 3.63) is 48.2 Å². The van der Waals surface area contributed by atoms with Crippen LogP contribution in [0.15, 0.2) is 45.9 Å². The van der Waals surface area contributed by atoms with E-state index in [9.17, 15) is 9.59 Å². The highest BCUT2D eigenvalue weighted by Crippen LogP contribution is 2.19. The van der Waals surface area contributed by atoms with Gasteiger partial charge >= 0.3 is 0 Å². The lowest BCUT2D eigenvalue weighted by atomic mass is 10.3. The summed E-state index contributed by atoms with van der Waals surface area (Å²) in [7, 11) is 0. The number of aromatic nitrogens is 1. The van der Waals surface area contributed by atoms with Crippen molar-refractivity contribution in [2.24, 2.45) is 0 Å². The van der Waals surface area contributed by atoms with E-state index in [0.29, 0.717) is 11.6 Å². The molecule has 0 atom stereocenters. The smallest absolute Gasteiger partial charge is 0.273 e. The summed E-state index contributed by atoms with van der Waals surface area (Å²) in [6.45, 7) is 7.88. The Hall–Kier alpha value is -2.28. The minimum Gasteiger partial charge on any atom is -0.446 e. The number of rotatable bonds is 8. The maximum Gasteiger partial charge on any atom is 0.273 e. The third-order valence-corrected chi connectivity index (χ3v) is 4.56. The number of benzene rings is 1. The predicted octanol–water partition coefficient (Wildman–Crippen LogP) is 3.34. The van der Waals surface area contributed by atoms with Crippen molar-refractivity contribution in [3.8, 4) is 0 Å². The third-order valence-electron chi connectivity index (χ3n) is 3.56. The van der Waals surface area contributed by atoms with Gasteiger partial charge in [0.2, 0.25) is 11.8 Å². The Morgan fingerprint density at radius 1 is 1.19 bits per heavy atom. The Balaban J connectivity index is 1.98. The number of amides is 2. The molecule has 0 aliphatic rings. The lowest BCUT2D eigenvalue weighted by molar-refractivity contribution is -0.131. The molecule has 0 radical (unpaired) electrons. The normalized spacial score (nSPS) is 11.0. The van der Waals surface area contributed by atoms with Crippen LogP contribution in [0, 0.1) is 0 Å². The number of hydrogen-bond acceptors (Lipinski definition) is 5. The average Bonchev–Trinajstić information content (AvgIpc) is 3.06. The Morgan fingerprint density at radius 3 is 2.50 bits per heavy atom. The van der Waals surface area contributed by atoms with Gasteiger partial charge in [0, 0.05) is 17.0 Å². The van der Waals surface area contributed by atoms with Crippen molar-refractivity contribution >= 4 is 23.6 Å². The van der Waals surface area contributed by atoms with E-state index in [2.05, 4.69) is 10.3 Å². The molecule has 2 rings (SSSR count). The highest BCUT2D eigenvalue weighted by Gasteiger charge is 2.21. The molecule has 0 saturated carbocycles. The zero-order valence-corrected chi connectivity index (χ0v) is 16.4. The van der Waals surface area contributed by atoms with Crippen LogP contribution in [-0.2, 0) is 11.3 Å². The molecule has 1 aromatic heterocycles. The van der Waals surface area contributed by atoms with Crippen LogP contribution >= 0.6 is 11.8 Å². The quantitative estimate of drug-likeness (QED) is 0.716. The Labute approximate surface area is 158 Å². The van der Waals surface area contributed by atoms with Crippen molar-refractivity contribution in [1.29, 1.82) is 0 Å². The van der Waals surface area contributed by atoms with E-state index in [0.717, 1.165) is 4.90 Å². The number of oxazole rings is 1.